The number of nitrogens with zero attached hydrogens (tertiary/aromatic N) is 1. The largest absolute Gasteiger partial charge is 0.508 e. The second kappa shape index (κ2) is 11.0. The average Bonchev–Trinajstić information content (AvgIpc) is 2.81. The minimum atomic E-state index is -0.278. The van der Waals surface area contributed by atoms with Gasteiger partial charge in [0.05, 0.1) is 12.3 Å². The highest BCUT2D eigenvalue weighted by Crippen LogP contribution is 2.39. The van der Waals surface area contributed by atoms with Gasteiger partial charge >= 0.3 is 5.97 Å². The Labute approximate surface area is 156 Å². The minimum Gasteiger partial charge on any atom is -0.508 e. The Morgan fingerprint density at radius 1 is 1.12 bits per heavy atom. The molecule has 0 radical (unpaired) electrons. The predicted molar refractivity (Wildman–Crippen MR) is 105 cm³/mol. The van der Waals surface area contributed by atoms with Gasteiger partial charge in [-0.2, -0.15) is 0 Å². The van der Waals surface area contributed by atoms with Gasteiger partial charge < -0.3 is 19.5 Å². The number of anilines is 1. The Balaban J connectivity index is 0.000000791. The second-order valence-corrected chi connectivity index (χ2v) is 5.02. The van der Waals surface area contributed by atoms with Crippen LogP contribution in [-0.2, 0) is 16.1 Å². The van der Waals surface area contributed by atoms with Crippen LogP contribution in [0.2, 0.25) is 0 Å². The maximum Gasteiger partial charge on any atom is 0.325 e. The molecule has 1 heterocycles. The van der Waals surface area contributed by atoms with Crippen molar-refractivity contribution in [1.82, 2.24) is 0 Å². The summed E-state index contributed by atoms with van der Waals surface area (Å²) in [5.41, 5.74) is 1.73. The normalized spacial score (nSPS) is 11.2. The summed E-state index contributed by atoms with van der Waals surface area (Å²) in [6.07, 6.45) is 0. The van der Waals surface area contributed by atoms with E-state index in [1.807, 2.05) is 56.9 Å². The molecule has 0 saturated carbocycles. The summed E-state index contributed by atoms with van der Waals surface area (Å²) in [6, 6.07) is 12.5. The molecule has 0 fully saturated rings. The number of para-hydroxylation sites is 2. The summed E-state index contributed by atoms with van der Waals surface area (Å²) in [6.45, 7) is 10.8. The Hall–Kier alpha value is -2.69. The maximum absolute atomic E-state index is 11.9. The molecule has 2 aromatic carbocycles. The lowest BCUT2D eigenvalue weighted by molar-refractivity contribution is -0.141. The van der Waals surface area contributed by atoms with E-state index >= 15 is 0 Å². The fraction of sp³-hybridized carbons (Fsp3) is 0.381. The molecule has 142 valence electrons. The van der Waals surface area contributed by atoms with Crippen molar-refractivity contribution in [2.75, 3.05) is 18.1 Å². The van der Waals surface area contributed by atoms with E-state index in [9.17, 15) is 9.90 Å². The number of hydrogen-bond donors (Lipinski definition) is 1. The van der Waals surface area contributed by atoms with Crippen LogP contribution in [0.15, 0.2) is 42.5 Å². The van der Waals surface area contributed by atoms with Crippen molar-refractivity contribution >= 4 is 11.7 Å². The first-order chi connectivity index (χ1) is 12.7. The number of carbonyl (C=O) groups excluding carboxylic acids is 1. The van der Waals surface area contributed by atoms with Crippen molar-refractivity contribution in [2.45, 2.75) is 41.2 Å². The van der Waals surface area contributed by atoms with E-state index in [-0.39, 0.29) is 18.3 Å². The lowest BCUT2D eigenvalue weighted by Gasteiger charge is -2.22. The van der Waals surface area contributed by atoms with Crippen LogP contribution in [0.4, 0.5) is 5.69 Å². The topological polar surface area (TPSA) is 59.0 Å². The number of phenolic OH excluding ortho intramolecular Hbond substituents is 1. The van der Waals surface area contributed by atoms with Crippen LogP contribution in [0.1, 0.15) is 40.2 Å². The molecule has 0 unspecified atom stereocenters. The van der Waals surface area contributed by atoms with Gasteiger partial charge in [-0.05, 0) is 31.2 Å². The highest BCUT2D eigenvalue weighted by molar-refractivity contribution is 5.77. The number of hydrogen-bond acceptors (Lipinski definition) is 5. The van der Waals surface area contributed by atoms with Crippen LogP contribution in [0.25, 0.3) is 0 Å². The Morgan fingerprint density at radius 2 is 1.81 bits per heavy atom. The zero-order valence-corrected chi connectivity index (χ0v) is 16.3. The minimum absolute atomic E-state index is 0.147. The van der Waals surface area contributed by atoms with Gasteiger partial charge in [0.2, 0.25) is 0 Å². The summed E-state index contributed by atoms with van der Waals surface area (Å²) in [4.78, 5) is 13.8. The fourth-order valence-electron chi connectivity index (χ4n) is 2.49. The molecule has 5 heteroatoms. The molecule has 0 atom stereocenters. The van der Waals surface area contributed by atoms with Crippen LogP contribution in [0.5, 0.6) is 17.2 Å². The molecule has 3 rings (SSSR count). The molecule has 5 nitrogen and oxygen atoms in total. The lowest BCUT2D eigenvalue weighted by Crippen LogP contribution is -2.30. The average molecular weight is 359 g/mol. The molecule has 0 bridgehead atoms. The third-order valence-electron chi connectivity index (χ3n) is 3.46. The summed E-state index contributed by atoms with van der Waals surface area (Å²) in [7, 11) is 0. The van der Waals surface area contributed by atoms with Crippen molar-refractivity contribution < 1.29 is 19.4 Å². The van der Waals surface area contributed by atoms with Gasteiger partial charge in [0, 0.05) is 18.2 Å². The molecule has 26 heavy (non-hydrogen) atoms. The predicted octanol–water partition coefficient (Wildman–Crippen LogP) is 5.12. The number of phenols is 1. The highest BCUT2D eigenvalue weighted by Gasteiger charge is 2.22. The van der Waals surface area contributed by atoms with Crippen molar-refractivity contribution in [2.24, 2.45) is 0 Å². The summed E-state index contributed by atoms with van der Waals surface area (Å²) >= 11 is 0. The van der Waals surface area contributed by atoms with Gasteiger partial charge in [0.15, 0.2) is 5.75 Å². The number of aromatic hydroxyl groups is 1. The first kappa shape index (κ1) is 21.4. The number of fused-ring (bicyclic) bond motifs is 2. The number of rotatable bonds is 3. The van der Waals surface area contributed by atoms with E-state index in [0.717, 1.165) is 11.3 Å². The number of esters is 1. The maximum atomic E-state index is 11.9. The van der Waals surface area contributed by atoms with Crippen LogP contribution < -0.4 is 9.64 Å². The van der Waals surface area contributed by atoms with Crippen LogP contribution in [0, 0.1) is 0 Å². The molecule has 1 aliphatic heterocycles. The summed E-state index contributed by atoms with van der Waals surface area (Å²) in [5, 5.41) is 9.64. The molecule has 0 aromatic heterocycles. The standard InChI is InChI=1S/C17H17NO4.2C2H6/c1-2-21-17(20)11-18-10-12-7-8-13(19)9-16(12)22-15-6-4-3-5-14(15)18;2*1-2/h3-9,19H,2,10-11H2,1H3;2*1-2H3. The second-order valence-electron chi connectivity index (χ2n) is 5.02. The quantitative estimate of drug-likeness (QED) is 0.771. The fourth-order valence-corrected chi connectivity index (χ4v) is 2.49. The summed E-state index contributed by atoms with van der Waals surface area (Å²) < 4.78 is 10.9. The molecule has 1 N–H and O–H groups in total. The van der Waals surface area contributed by atoms with E-state index < -0.39 is 0 Å². The molecular weight excluding hydrogens is 330 g/mol. The first-order valence-corrected chi connectivity index (χ1v) is 9.16. The molecule has 1 aliphatic rings. The van der Waals surface area contributed by atoms with Crippen molar-refractivity contribution in [1.29, 1.82) is 0 Å². The highest BCUT2D eigenvalue weighted by atomic mass is 16.5. The van der Waals surface area contributed by atoms with Crippen LogP contribution >= 0.6 is 0 Å². The number of benzene rings is 2. The van der Waals surface area contributed by atoms with Gasteiger partial charge in [-0.3, -0.25) is 4.79 Å². The third kappa shape index (κ3) is 5.41. The third-order valence-corrected chi connectivity index (χ3v) is 3.46. The van der Waals surface area contributed by atoms with E-state index in [1.165, 1.54) is 0 Å². The molecular formula is C21H29NO4. The first-order valence-electron chi connectivity index (χ1n) is 9.16. The monoisotopic (exact) mass is 359 g/mol. The molecule has 0 aliphatic carbocycles. The lowest BCUT2D eigenvalue weighted by atomic mass is 10.1. The van der Waals surface area contributed by atoms with E-state index in [4.69, 9.17) is 9.47 Å². The molecule has 0 spiro atoms. The smallest absolute Gasteiger partial charge is 0.325 e. The number of carbonyl (C=O) groups is 1. The zero-order chi connectivity index (χ0) is 19.5. The molecule has 0 saturated heterocycles. The Kier molecular flexibility index (Phi) is 9.06. The van der Waals surface area contributed by atoms with Crippen molar-refractivity contribution in [3.8, 4) is 17.2 Å². The zero-order valence-electron chi connectivity index (χ0n) is 16.3. The Morgan fingerprint density at radius 3 is 2.50 bits per heavy atom. The van der Waals surface area contributed by atoms with Gasteiger partial charge in [-0.15, -0.1) is 0 Å². The van der Waals surface area contributed by atoms with Gasteiger partial charge in [0.25, 0.3) is 0 Å². The number of ether oxygens (including phenoxy) is 2. The van der Waals surface area contributed by atoms with E-state index in [2.05, 4.69) is 0 Å². The summed E-state index contributed by atoms with van der Waals surface area (Å²) in [5.74, 6) is 1.12. The van der Waals surface area contributed by atoms with Crippen molar-refractivity contribution in [3.05, 3.63) is 48.0 Å². The van der Waals surface area contributed by atoms with Gasteiger partial charge in [-0.1, -0.05) is 39.8 Å². The van der Waals surface area contributed by atoms with Crippen LogP contribution in [-0.4, -0.2) is 24.2 Å². The van der Waals surface area contributed by atoms with E-state index in [0.29, 0.717) is 24.7 Å². The Bertz CT molecular complexity index is 700. The van der Waals surface area contributed by atoms with Crippen molar-refractivity contribution in [3.63, 3.8) is 0 Å². The van der Waals surface area contributed by atoms with Gasteiger partial charge in [0.1, 0.15) is 18.0 Å². The molecule has 0 amide bonds. The molecule has 2 aromatic rings. The van der Waals surface area contributed by atoms with Gasteiger partial charge in [-0.25, -0.2) is 0 Å². The van der Waals surface area contributed by atoms with Crippen LogP contribution in [0.3, 0.4) is 0 Å². The SMILES string of the molecule is CC.CC.CCOC(=O)CN1Cc2ccc(O)cc2Oc2ccccc21. The van der Waals surface area contributed by atoms with E-state index in [1.54, 1.807) is 25.1 Å².